The Bertz CT molecular complexity index is 608. The zero-order valence-corrected chi connectivity index (χ0v) is 10.7. The Labute approximate surface area is 115 Å². The van der Waals surface area contributed by atoms with Crippen LogP contribution >= 0.6 is 0 Å². The SMILES string of the molecule is C#CCN1C(=O)[C@@H](OC(C)=O)[C@H]1C1=CC(=O)C=CC1=O. The summed E-state index contributed by atoms with van der Waals surface area (Å²) in [6.45, 7) is 1.14. The van der Waals surface area contributed by atoms with Crippen molar-refractivity contribution in [2.45, 2.75) is 19.1 Å². The van der Waals surface area contributed by atoms with Crippen LogP contribution in [0.3, 0.4) is 0 Å². The van der Waals surface area contributed by atoms with Gasteiger partial charge in [-0.15, -0.1) is 6.42 Å². The standard InChI is InChI=1S/C14H11NO5/c1-3-6-15-12(13(14(15)19)20-8(2)16)10-7-9(17)4-5-11(10)18/h1,4-5,7,12-13H,6H2,2H3/t12-,13+/m1/s1. The minimum absolute atomic E-state index is 0.0240. The highest BCUT2D eigenvalue weighted by Gasteiger charge is 2.52. The van der Waals surface area contributed by atoms with Gasteiger partial charge < -0.3 is 9.64 Å². The summed E-state index contributed by atoms with van der Waals surface area (Å²) in [6.07, 6.45) is 7.46. The quantitative estimate of drug-likeness (QED) is 0.297. The molecule has 20 heavy (non-hydrogen) atoms. The van der Waals surface area contributed by atoms with Crippen LogP contribution in [0.5, 0.6) is 0 Å². The first kappa shape index (κ1) is 13.7. The van der Waals surface area contributed by atoms with E-state index in [0.717, 1.165) is 25.2 Å². The Hall–Kier alpha value is -2.68. The van der Waals surface area contributed by atoms with Crippen LogP contribution in [0.2, 0.25) is 0 Å². The molecule has 6 heteroatoms. The number of amides is 1. The molecule has 1 saturated heterocycles. The van der Waals surface area contributed by atoms with Gasteiger partial charge in [-0.2, -0.15) is 0 Å². The summed E-state index contributed by atoms with van der Waals surface area (Å²) in [7, 11) is 0. The Morgan fingerprint density at radius 3 is 2.70 bits per heavy atom. The number of nitrogens with zero attached hydrogens (tertiary/aromatic N) is 1. The number of esters is 1. The lowest BCUT2D eigenvalue weighted by Gasteiger charge is -2.45. The third-order valence-electron chi connectivity index (χ3n) is 3.00. The van der Waals surface area contributed by atoms with Crippen molar-refractivity contribution < 1.29 is 23.9 Å². The van der Waals surface area contributed by atoms with Crippen LogP contribution < -0.4 is 0 Å². The number of rotatable bonds is 3. The van der Waals surface area contributed by atoms with Crippen molar-refractivity contribution in [2.75, 3.05) is 6.54 Å². The third-order valence-corrected chi connectivity index (χ3v) is 3.00. The van der Waals surface area contributed by atoms with E-state index >= 15 is 0 Å². The van der Waals surface area contributed by atoms with Crippen molar-refractivity contribution in [3.8, 4) is 12.3 Å². The second-order valence-corrected chi connectivity index (χ2v) is 4.34. The van der Waals surface area contributed by atoms with Gasteiger partial charge in [0, 0.05) is 12.5 Å². The maximum absolute atomic E-state index is 11.8. The molecule has 0 aromatic heterocycles. The van der Waals surface area contributed by atoms with E-state index in [1.54, 1.807) is 0 Å². The topological polar surface area (TPSA) is 80.8 Å². The number of likely N-dealkylation sites (tertiary alicyclic amines) is 1. The normalized spacial score (nSPS) is 24.9. The van der Waals surface area contributed by atoms with Crippen molar-refractivity contribution in [3.05, 3.63) is 23.8 Å². The fourth-order valence-corrected chi connectivity index (χ4v) is 2.17. The number of hydrogen-bond donors (Lipinski definition) is 0. The van der Waals surface area contributed by atoms with Gasteiger partial charge in [0.2, 0.25) is 6.10 Å². The summed E-state index contributed by atoms with van der Waals surface area (Å²) in [5.74, 6) is 0.418. The zero-order chi connectivity index (χ0) is 14.9. The number of β-lactam (4-membered cyclic amide) rings is 1. The van der Waals surface area contributed by atoms with Gasteiger partial charge in [-0.25, -0.2) is 0 Å². The Kier molecular flexibility index (Phi) is 3.53. The molecule has 102 valence electrons. The molecule has 1 amide bonds. The lowest BCUT2D eigenvalue weighted by atomic mass is 9.85. The summed E-state index contributed by atoms with van der Waals surface area (Å²) < 4.78 is 4.90. The second kappa shape index (κ2) is 5.13. The molecule has 2 aliphatic rings. The minimum Gasteiger partial charge on any atom is -0.450 e. The van der Waals surface area contributed by atoms with Crippen LogP contribution in [0, 0.1) is 12.3 Å². The molecule has 0 unspecified atom stereocenters. The number of allylic oxidation sites excluding steroid dienone is 3. The molecule has 2 atom stereocenters. The summed E-state index contributed by atoms with van der Waals surface area (Å²) in [5.41, 5.74) is 0.110. The van der Waals surface area contributed by atoms with E-state index in [2.05, 4.69) is 5.92 Å². The maximum Gasteiger partial charge on any atom is 0.303 e. The fraction of sp³-hybridized carbons (Fsp3) is 0.286. The molecule has 0 N–H and O–H groups in total. The number of carbonyl (C=O) groups is 4. The first-order chi connectivity index (χ1) is 9.45. The van der Waals surface area contributed by atoms with Crippen molar-refractivity contribution >= 4 is 23.4 Å². The largest absolute Gasteiger partial charge is 0.450 e. The van der Waals surface area contributed by atoms with Crippen LogP contribution in [0.1, 0.15) is 6.92 Å². The fourth-order valence-electron chi connectivity index (χ4n) is 2.17. The van der Waals surface area contributed by atoms with Crippen LogP contribution in [0.15, 0.2) is 23.8 Å². The first-order valence-corrected chi connectivity index (χ1v) is 5.85. The van der Waals surface area contributed by atoms with Crippen molar-refractivity contribution in [2.24, 2.45) is 0 Å². The van der Waals surface area contributed by atoms with Gasteiger partial charge in [0.25, 0.3) is 5.91 Å². The smallest absolute Gasteiger partial charge is 0.303 e. The summed E-state index contributed by atoms with van der Waals surface area (Å²) in [6, 6.07) is -0.802. The highest BCUT2D eigenvalue weighted by atomic mass is 16.6. The van der Waals surface area contributed by atoms with Gasteiger partial charge in [-0.1, -0.05) is 5.92 Å². The number of hydrogen-bond acceptors (Lipinski definition) is 5. The second-order valence-electron chi connectivity index (χ2n) is 4.34. The average molecular weight is 273 g/mol. The third kappa shape index (κ3) is 2.26. The summed E-state index contributed by atoms with van der Waals surface area (Å²) >= 11 is 0. The van der Waals surface area contributed by atoms with Gasteiger partial charge in [0.15, 0.2) is 11.6 Å². The van der Waals surface area contributed by atoms with E-state index < -0.39 is 29.8 Å². The van der Waals surface area contributed by atoms with Gasteiger partial charge in [0.1, 0.15) is 6.04 Å². The van der Waals surface area contributed by atoms with Crippen molar-refractivity contribution in [1.29, 1.82) is 0 Å². The van der Waals surface area contributed by atoms with Gasteiger partial charge in [-0.05, 0) is 18.2 Å². The Morgan fingerprint density at radius 2 is 2.10 bits per heavy atom. The number of ether oxygens (including phenoxy) is 1. The molecule has 1 aliphatic carbocycles. The molecule has 1 fully saturated rings. The molecule has 0 spiro atoms. The lowest BCUT2D eigenvalue weighted by molar-refractivity contribution is -0.178. The Morgan fingerprint density at radius 1 is 1.40 bits per heavy atom. The molecule has 0 radical (unpaired) electrons. The monoisotopic (exact) mass is 273 g/mol. The molecular weight excluding hydrogens is 262 g/mol. The molecule has 1 heterocycles. The van der Waals surface area contributed by atoms with Crippen LogP contribution in [-0.2, 0) is 23.9 Å². The van der Waals surface area contributed by atoms with E-state index in [1.165, 1.54) is 4.90 Å². The first-order valence-electron chi connectivity index (χ1n) is 5.85. The number of terminal acetylenes is 1. The van der Waals surface area contributed by atoms with Crippen LogP contribution in [-0.4, -0.2) is 47.0 Å². The molecule has 6 nitrogen and oxygen atoms in total. The molecule has 0 bridgehead atoms. The molecular formula is C14H11NO5. The van der Waals surface area contributed by atoms with E-state index in [9.17, 15) is 19.2 Å². The molecule has 1 aliphatic heterocycles. The van der Waals surface area contributed by atoms with Crippen molar-refractivity contribution in [3.63, 3.8) is 0 Å². The highest BCUT2D eigenvalue weighted by Crippen LogP contribution is 2.30. The summed E-state index contributed by atoms with van der Waals surface area (Å²) in [5, 5.41) is 0. The maximum atomic E-state index is 11.8. The van der Waals surface area contributed by atoms with Gasteiger partial charge in [-0.3, -0.25) is 19.2 Å². The highest BCUT2D eigenvalue weighted by molar-refractivity contribution is 6.19. The predicted octanol–water partition coefficient (Wildman–Crippen LogP) is -0.604. The Balaban J connectivity index is 2.31. The lowest BCUT2D eigenvalue weighted by Crippen LogP contribution is -2.67. The average Bonchev–Trinajstić information content (AvgIpc) is 2.40. The minimum atomic E-state index is -1.10. The van der Waals surface area contributed by atoms with Crippen LogP contribution in [0.25, 0.3) is 0 Å². The van der Waals surface area contributed by atoms with Gasteiger partial charge in [0.05, 0.1) is 6.54 Å². The summed E-state index contributed by atoms with van der Waals surface area (Å²) in [4.78, 5) is 47.3. The van der Waals surface area contributed by atoms with E-state index in [1.807, 2.05) is 0 Å². The molecule has 0 aromatic carbocycles. The van der Waals surface area contributed by atoms with E-state index in [0.29, 0.717) is 0 Å². The number of carbonyl (C=O) groups excluding carboxylic acids is 4. The molecule has 0 aromatic rings. The molecule has 2 rings (SSSR count). The predicted molar refractivity (Wildman–Crippen MR) is 67.1 cm³/mol. The van der Waals surface area contributed by atoms with Gasteiger partial charge >= 0.3 is 5.97 Å². The van der Waals surface area contributed by atoms with E-state index in [-0.39, 0.29) is 17.9 Å². The number of ketones is 2. The van der Waals surface area contributed by atoms with E-state index in [4.69, 9.17) is 11.2 Å². The van der Waals surface area contributed by atoms with Crippen molar-refractivity contribution in [1.82, 2.24) is 4.90 Å². The van der Waals surface area contributed by atoms with Crippen LogP contribution in [0.4, 0.5) is 0 Å². The zero-order valence-electron chi connectivity index (χ0n) is 10.7. The molecule has 0 saturated carbocycles.